The molecule has 0 amide bonds. The Morgan fingerprint density at radius 1 is 0.905 bits per heavy atom. The molecule has 0 fully saturated rings. The van der Waals surface area contributed by atoms with Gasteiger partial charge in [-0.3, -0.25) is 0 Å². The molecular formula is C18H18N2O. The van der Waals surface area contributed by atoms with Crippen molar-refractivity contribution in [2.75, 3.05) is 0 Å². The second-order valence-electron chi connectivity index (χ2n) is 5.31. The Morgan fingerprint density at radius 2 is 1.48 bits per heavy atom. The Balaban J connectivity index is 2.05. The number of aliphatic hydroxyl groups is 1. The van der Waals surface area contributed by atoms with E-state index in [-0.39, 0.29) is 6.61 Å². The standard InChI is InChI=1S/C18H18N2O/c1-13-3-7-15(8-4-13)18-16(12-21)11-20(19-18)17-9-5-14(2)6-10-17/h3-11,21H,12H2,1-2H3. The fourth-order valence-corrected chi connectivity index (χ4v) is 2.31. The molecule has 0 radical (unpaired) electrons. The summed E-state index contributed by atoms with van der Waals surface area (Å²) in [4.78, 5) is 0. The summed E-state index contributed by atoms with van der Waals surface area (Å²) in [7, 11) is 0. The number of hydrogen-bond acceptors (Lipinski definition) is 2. The molecule has 21 heavy (non-hydrogen) atoms. The summed E-state index contributed by atoms with van der Waals surface area (Å²) in [6, 6.07) is 16.4. The van der Waals surface area contributed by atoms with E-state index in [1.54, 1.807) is 0 Å². The lowest BCUT2D eigenvalue weighted by Crippen LogP contribution is -1.94. The van der Waals surface area contributed by atoms with Crippen LogP contribution in [0.4, 0.5) is 0 Å². The van der Waals surface area contributed by atoms with E-state index in [0.717, 1.165) is 22.5 Å². The smallest absolute Gasteiger partial charge is 0.0982 e. The molecule has 1 N–H and O–H groups in total. The molecule has 1 heterocycles. The van der Waals surface area contributed by atoms with E-state index in [1.807, 2.05) is 35.1 Å². The highest BCUT2D eigenvalue weighted by molar-refractivity contribution is 5.63. The van der Waals surface area contributed by atoms with Crippen molar-refractivity contribution in [3.05, 3.63) is 71.4 Å². The average Bonchev–Trinajstić information content (AvgIpc) is 2.93. The fourth-order valence-electron chi connectivity index (χ4n) is 2.31. The average molecular weight is 278 g/mol. The first-order valence-electron chi connectivity index (χ1n) is 7.01. The van der Waals surface area contributed by atoms with Crippen LogP contribution < -0.4 is 0 Å². The normalized spacial score (nSPS) is 10.8. The van der Waals surface area contributed by atoms with Crippen LogP contribution in [0.25, 0.3) is 16.9 Å². The highest BCUT2D eigenvalue weighted by Crippen LogP contribution is 2.24. The fraction of sp³-hybridized carbons (Fsp3) is 0.167. The molecule has 0 bridgehead atoms. The van der Waals surface area contributed by atoms with Crippen molar-refractivity contribution >= 4 is 0 Å². The summed E-state index contributed by atoms with van der Waals surface area (Å²) in [5, 5.41) is 14.2. The summed E-state index contributed by atoms with van der Waals surface area (Å²) in [6.45, 7) is 4.10. The molecule has 3 nitrogen and oxygen atoms in total. The number of nitrogens with zero attached hydrogens (tertiary/aromatic N) is 2. The molecular weight excluding hydrogens is 260 g/mol. The van der Waals surface area contributed by atoms with Gasteiger partial charge in [-0.2, -0.15) is 5.10 Å². The van der Waals surface area contributed by atoms with Gasteiger partial charge in [0, 0.05) is 17.3 Å². The lowest BCUT2D eigenvalue weighted by molar-refractivity contribution is 0.282. The van der Waals surface area contributed by atoms with Crippen LogP contribution in [0.5, 0.6) is 0 Å². The second-order valence-corrected chi connectivity index (χ2v) is 5.31. The predicted molar refractivity (Wildman–Crippen MR) is 84.4 cm³/mol. The third-order valence-electron chi connectivity index (χ3n) is 3.58. The quantitative estimate of drug-likeness (QED) is 0.794. The molecule has 0 aliphatic carbocycles. The van der Waals surface area contributed by atoms with Gasteiger partial charge in [0.05, 0.1) is 18.0 Å². The van der Waals surface area contributed by atoms with Gasteiger partial charge < -0.3 is 5.11 Å². The summed E-state index contributed by atoms with van der Waals surface area (Å²) in [5.41, 5.74) is 6.11. The van der Waals surface area contributed by atoms with Crippen LogP contribution in [0.3, 0.4) is 0 Å². The van der Waals surface area contributed by atoms with E-state index in [9.17, 15) is 5.11 Å². The van der Waals surface area contributed by atoms with E-state index in [1.165, 1.54) is 11.1 Å². The second kappa shape index (κ2) is 5.54. The predicted octanol–water partition coefficient (Wildman–Crippen LogP) is 3.65. The van der Waals surface area contributed by atoms with Gasteiger partial charge in [-0.1, -0.05) is 47.5 Å². The number of aliphatic hydroxyl groups excluding tert-OH is 1. The first kappa shape index (κ1) is 13.6. The van der Waals surface area contributed by atoms with Crippen LogP contribution in [0, 0.1) is 13.8 Å². The van der Waals surface area contributed by atoms with Crippen molar-refractivity contribution < 1.29 is 5.11 Å². The van der Waals surface area contributed by atoms with Gasteiger partial charge in [0.1, 0.15) is 0 Å². The Hall–Kier alpha value is -2.39. The van der Waals surface area contributed by atoms with Gasteiger partial charge in [0.15, 0.2) is 0 Å². The molecule has 0 atom stereocenters. The van der Waals surface area contributed by atoms with Gasteiger partial charge in [0.2, 0.25) is 0 Å². The summed E-state index contributed by atoms with van der Waals surface area (Å²) in [6.07, 6.45) is 1.89. The Kier molecular flexibility index (Phi) is 3.59. The van der Waals surface area contributed by atoms with Crippen LogP contribution in [0.2, 0.25) is 0 Å². The Labute approximate surface area is 124 Å². The number of aromatic nitrogens is 2. The number of aryl methyl sites for hydroxylation is 2. The van der Waals surface area contributed by atoms with Gasteiger partial charge in [0.25, 0.3) is 0 Å². The van der Waals surface area contributed by atoms with Crippen molar-refractivity contribution in [1.29, 1.82) is 0 Å². The minimum absolute atomic E-state index is 0.0188. The van der Waals surface area contributed by atoms with Crippen LogP contribution in [-0.4, -0.2) is 14.9 Å². The lowest BCUT2D eigenvalue weighted by atomic mass is 10.1. The molecule has 0 saturated carbocycles. The molecule has 0 aliphatic heterocycles. The monoisotopic (exact) mass is 278 g/mol. The molecule has 0 saturated heterocycles. The minimum Gasteiger partial charge on any atom is -0.392 e. The maximum atomic E-state index is 9.59. The minimum atomic E-state index is -0.0188. The maximum Gasteiger partial charge on any atom is 0.0982 e. The number of benzene rings is 2. The summed E-state index contributed by atoms with van der Waals surface area (Å²) < 4.78 is 1.82. The highest BCUT2D eigenvalue weighted by Gasteiger charge is 2.11. The summed E-state index contributed by atoms with van der Waals surface area (Å²) in [5.74, 6) is 0. The molecule has 0 spiro atoms. The largest absolute Gasteiger partial charge is 0.392 e. The van der Waals surface area contributed by atoms with Crippen LogP contribution in [0.15, 0.2) is 54.7 Å². The zero-order valence-corrected chi connectivity index (χ0v) is 12.2. The molecule has 3 aromatic rings. The Morgan fingerprint density at radius 3 is 2.05 bits per heavy atom. The molecule has 3 heteroatoms. The first-order valence-corrected chi connectivity index (χ1v) is 7.01. The Bertz CT molecular complexity index is 740. The SMILES string of the molecule is Cc1ccc(-c2nn(-c3ccc(C)cc3)cc2CO)cc1. The third kappa shape index (κ3) is 2.73. The van der Waals surface area contributed by atoms with Gasteiger partial charge in [-0.05, 0) is 26.0 Å². The lowest BCUT2D eigenvalue weighted by Gasteiger charge is -2.02. The van der Waals surface area contributed by atoms with Crippen LogP contribution >= 0.6 is 0 Å². The van der Waals surface area contributed by atoms with E-state index in [2.05, 4.69) is 43.2 Å². The topological polar surface area (TPSA) is 38.0 Å². The van der Waals surface area contributed by atoms with Crippen LogP contribution in [0.1, 0.15) is 16.7 Å². The maximum absolute atomic E-state index is 9.59. The molecule has 2 aromatic carbocycles. The van der Waals surface area contributed by atoms with Crippen LogP contribution in [-0.2, 0) is 6.61 Å². The van der Waals surface area contributed by atoms with E-state index in [4.69, 9.17) is 0 Å². The first-order chi connectivity index (χ1) is 10.2. The van der Waals surface area contributed by atoms with E-state index >= 15 is 0 Å². The van der Waals surface area contributed by atoms with Gasteiger partial charge in [-0.25, -0.2) is 4.68 Å². The molecule has 106 valence electrons. The summed E-state index contributed by atoms with van der Waals surface area (Å²) >= 11 is 0. The van der Waals surface area contributed by atoms with Gasteiger partial charge in [-0.15, -0.1) is 0 Å². The molecule has 1 aromatic heterocycles. The zero-order valence-electron chi connectivity index (χ0n) is 12.2. The highest BCUT2D eigenvalue weighted by atomic mass is 16.3. The van der Waals surface area contributed by atoms with Crippen molar-refractivity contribution in [1.82, 2.24) is 9.78 Å². The molecule has 0 unspecified atom stereocenters. The van der Waals surface area contributed by atoms with Crippen molar-refractivity contribution in [2.45, 2.75) is 20.5 Å². The number of rotatable bonds is 3. The van der Waals surface area contributed by atoms with E-state index < -0.39 is 0 Å². The van der Waals surface area contributed by atoms with Crippen molar-refractivity contribution in [3.63, 3.8) is 0 Å². The molecule has 0 aliphatic rings. The molecule has 3 rings (SSSR count). The van der Waals surface area contributed by atoms with Crippen molar-refractivity contribution in [2.24, 2.45) is 0 Å². The number of hydrogen-bond donors (Lipinski definition) is 1. The van der Waals surface area contributed by atoms with E-state index in [0.29, 0.717) is 0 Å². The third-order valence-corrected chi connectivity index (χ3v) is 3.58. The zero-order chi connectivity index (χ0) is 14.8. The van der Waals surface area contributed by atoms with Gasteiger partial charge >= 0.3 is 0 Å². The van der Waals surface area contributed by atoms with Crippen molar-refractivity contribution in [3.8, 4) is 16.9 Å².